The van der Waals surface area contributed by atoms with E-state index in [0.717, 1.165) is 16.5 Å². The van der Waals surface area contributed by atoms with Crippen LogP contribution in [0.5, 0.6) is 11.5 Å². The summed E-state index contributed by atoms with van der Waals surface area (Å²) in [5.74, 6) is -1.47. The molecule has 0 fully saturated rings. The maximum absolute atomic E-state index is 12.5. The van der Waals surface area contributed by atoms with Crippen molar-refractivity contribution in [1.82, 2.24) is 0 Å². The van der Waals surface area contributed by atoms with E-state index >= 15 is 0 Å². The Hall–Kier alpha value is -4.24. The topological polar surface area (TPSA) is 116 Å². The number of amides is 1. The lowest BCUT2D eigenvalue weighted by Crippen LogP contribution is -2.11. The van der Waals surface area contributed by atoms with Crippen LogP contribution in [0.1, 0.15) is 40.9 Å². The Labute approximate surface area is 215 Å². The predicted octanol–water partition coefficient (Wildman–Crippen LogP) is 4.73. The van der Waals surface area contributed by atoms with Gasteiger partial charge in [-0.15, -0.1) is 0 Å². The predicted molar refractivity (Wildman–Crippen MR) is 141 cm³/mol. The van der Waals surface area contributed by atoms with Crippen molar-refractivity contribution in [3.8, 4) is 11.5 Å². The average molecular weight is 522 g/mol. The lowest BCUT2D eigenvalue weighted by molar-refractivity contribution is -0.134. The van der Waals surface area contributed by atoms with Crippen LogP contribution in [0.4, 0.5) is 5.69 Å². The second kappa shape index (κ2) is 12.1. The van der Waals surface area contributed by atoms with Crippen molar-refractivity contribution in [1.29, 1.82) is 0 Å². The van der Waals surface area contributed by atoms with Crippen LogP contribution in [0.2, 0.25) is 0 Å². The van der Waals surface area contributed by atoms with Gasteiger partial charge in [-0.1, -0.05) is 35.9 Å². The molecule has 8 nitrogen and oxygen atoms in total. The molecule has 3 aromatic carbocycles. The molecule has 3 rings (SSSR count). The van der Waals surface area contributed by atoms with Gasteiger partial charge in [-0.3, -0.25) is 14.4 Å². The monoisotopic (exact) mass is 521 g/mol. The Morgan fingerprint density at radius 1 is 0.838 bits per heavy atom. The zero-order valence-corrected chi connectivity index (χ0v) is 21.5. The summed E-state index contributed by atoms with van der Waals surface area (Å²) < 4.78 is 35.2. The van der Waals surface area contributed by atoms with Gasteiger partial charge in [0.15, 0.2) is 21.3 Å². The molecule has 0 radical (unpaired) electrons. The summed E-state index contributed by atoms with van der Waals surface area (Å²) in [7, 11) is -3.56. The first-order valence-corrected chi connectivity index (χ1v) is 13.1. The molecule has 0 unspecified atom stereocenters. The van der Waals surface area contributed by atoms with Crippen LogP contribution in [0.3, 0.4) is 0 Å². The van der Waals surface area contributed by atoms with Crippen LogP contribution in [0.25, 0.3) is 6.08 Å². The highest BCUT2D eigenvalue weighted by atomic mass is 32.2. The molecule has 3 aromatic rings. The molecular formula is C28H27NO7S. The third-order valence-corrected chi connectivity index (χ3v) is 6.47. The van der Waals surface area contributed by atoms with Gasteiger partial charge in [0.05, 0.1) is 5.75 Å². The Balaban J connectivity index is 1.60. The van der Waals surface area contributed by atoms with Crippen LogP contribution >= 0.6 is 0 Å². The van der Waals surface area contributed by atoms with Crippen LogP contribution < -0.4 is 14.8 Å². The molecule has 0 aliphatic heterocycles. The van der Waals surface area contributed by atoms with Gasteiger partial charge < -0.3 is 14.8 Å². The summed E-state index contributed by atoms with van der Waals surface area (Å²) in [5, 5.41) is 3.90. The normalized spacial score (nSPS) is 11.2. The Kier molecular flexibility index (Phi) is 8.97. The SMILES string of the molecule is CC(=O)Oc1ccc(/C=C/S(=O)(=O)CCc2ccc(NC(=O)c3ccc(C)cc3)cc2)cc1OC(C)=O. The third kappa shape index (κ3) is 8.73. The van der Waals surface area contributed by atoms with Crippen LogP contribution in [0, 0.1) is 6.92 Å². The Morgan fingerprint density at radius 3 is 2.08 bits per heavy atom. The number of aryl methyl sites for hydroxylation is 2. The van der Waals surface area contributed by atoms with E-state index in [1.165, 1.54) is 32.1 Å². The van der Waals surface area contributed by atoms with Crippen LogP contribution in [-0.4, -0.2) is 32.0 Å². The van der Waals surface area contributed by atoms with Crippen molar-refractivity contribution in [3.63, 3.8) is 0 Å². The van der Waals surface area contributed by atoms with E-state index in [2.05, 4.69) is 5.32 Å². The number of sulfone groups is 1. The molecule has 1 amide bonds. The molecule has 0 bridgehead atoms. The highest BCUT2D eigenvalue weighted by Gasteiger charge is 2.12. The number of hydrogen-bond donors (Lipinski definition) is 1. The highest BCUT2D eigenvalue weighted by molar-refractivity contribution is 7.94. The molecule has 0 atom stereocenters. The summed E-state index contributed by atoms with van der Waals surface area (Å²) in [6, 6.07) is 18.6. The number of anilines is 1. The number of nitrogens with one attached hydrogen (secondary N) is 1. The van der Waals surface area contributed by atoms with E-state index in [4.69, 9.17) is 9.47 Å². The number of rotatable bonds is 9. The van der Waals surface area contributed by atoms with E-state index in [1.807, 2.05) is 19.1 Å². The van der Waals surface area contributed by atoms with Gasteiger partial charge in [0.2, 0.25) is 0 Å². The first-order valence-electron chi connectivity index (χ1n) is 11.4. The molecule has 0 aliphatic carbocycles. The van der Waals surface area contributed by atoms with Crippen LogP contribution in [-0.2, 0) is 25.8 Å². The van der Waals surface area contributed by atoms with Crippen molar-refractivity contribution >= 4 is 39.4 Å². The van der Waals surface area contributed by atoms with E-state index < -0.39 is 21.8 Å². The fraction of sp³-hybridized carbons (Fsp3) is 0.179. The van der Waals surface area contributed by atoms with Gasteiger partial charge in [0.1, 0.15) is 0 Å². The molecule has 0 saturated carbocycles. The zero-order chi connectivity index (χ0) is 27.0. The van der Waals surface area contributed by atoms with Crippen molar-refractivity contribution in [2.24, 2.45) is 0 Å². The molecule has 1 N–H and O–H groups in total. The van der Waals surface area contributed by atoms with Crippen molar-refractivity contribution in [2.45, 2.75) is 27.2 Å². The van der Waals surface area contributed by atoms with E-state index in [9.17, 15) is 22.8 Å². The summed E-state index contributed by atoms with van der Waals surface area (Å²) in [6.45, 7) is 4.37. The summed E-state index contributed by atoms with van der Waals surface area (Å²) in [4.78, 5) is 34.9. The number of ether oxygens (including phenoxy) is 2. The van der Waals surface area contributed by atoms with Gasteiger partial charge in [0, 0.05) is 30.5 Å². The molecule has 37 heavy (non-hydrogen) atoms. The largest absolute Gasteiger partial charge is 0.423 e. The average Bonchev–Trinajstić information content (AvgIpc) is 2.83. The maximum Gasteiger partial charge on any atom is 0.308 e. The summed E-state index contributed by atoms with van der Waals surface area (Å²) in [6.07, 6.45) is 1.66. The zero-order valence-electron chi connectivity index (χ0n) is 20.7. The lowest BCUT2D eigenvalue weighted by atomic mass is 10.1. The fourth-order valence-corrected chi connectivity index (χ4v) is 4.30. The fourth-order valence-electron chi connectivity index (χ4n) is 3.28. The Bertz CT molecular complexity index is 1420. The third-order valence-electron chi connectivity index (χ3n) is 5.14. The summed E-state index contributed by atoms with van der Waals surface area (Å²) in [5.41, 5.74) is 3.47. The van der Waals surface area contributed by atoms with Gasteiger partial charge >= 0.3 is 11.9 Å². The van der Waals surface area contributed by atoms with E-state index in [0.29, 0.717) is 16.8 Å². The highest BCUT2D eigenvalue weighted by Crippen LogP contribution is 2.29. The van der Waals surface area contributed by atoms with E-state index in [1.54, 1.807) is 42.5 Å². The van der Waals surface area contributed by atoms with Crippen LogP contribution in [0.15, 0.2) is 72.1 Å². The first kappa shape index (κ1) is 27.3. The molecule has 0 heterocycles. The van der Waals surface area contributed by atoms with Crippen molar-refractivity contribution < 1.29 is 32.3 Å². The number of carbonyl (C=O) groups is 3. The van der Waals surface area contributed by atoms with Gasteiger partial charge in [-0.2, -0.15) is 0 Å². The minimum atomic E-state index is -3.56. The van der Waals surface area contributed by atoms with Gasteiger partial charge in [0.25, 0.3) is 5.91 Å². The number of carbonyl (C=O) groups excluding carboxylic acids is 3. The quantitative estimate of drug-likeness (QED) is 0.320. The summed E-state index contributed by atoms with van der Waals surface area (Å²) >= 11 is 0. The first-order chi connectivity index (χ1) is 17.5. The minimum absolute atomic E-state index is 0.0109. The standard InChI is InChI=1S/C28H27NO7S/c1-19-4-9-24(10-5-19)28(32)29-25-11-6-22(7-12-25)14-16-37(33,34)17-15-23-8-13-26(35-20(2)30)27(18-23)36-21(3)31/h4-13,15,17-18H,14,16H2,1-3H3,(H,29,32)/b17-15+. The van der Waals surface area contributed by atoms with Gasteiger partial charge in [-0.25, -0.2) is 8.42 Å². The second-order valence-electron chi connectivity index (χ2n) is 8.33. The molecule has 0 spiro atoms. The molecule has 9 heteroatoms. The maximum atomic E-state index is 12.5. The number of hydrogen-bond acceptors (Lipinski definition) is 7. The van der Waals surface area contributed by atoms with E-state index in [-0.39, 0.29) is 29.6 Å². The molecular weight excluding hydrogens is 494 g/mol. The molecule has 0 aliphatic rings. The van der Waals surface area contributed by atoms with Gasteiger partial charge in [-0.05, 0) is 66.9 Å². The van der Waals surface area contributed by atoms with Crippen molar-refractivity contribution in [3.05, 3.63) is 94.4 Å². The molecule has 192 valence electrons. The number of benzene rings is 3. The number of esters is 2. The molecule has 0 aromatic heterocycles. The van der Waals surface area contributed by atoms with Crippen molar-refractivity contribution in [2.75, 3.05) is 11.1 Å². The molecule has 0 saturated heterocycles. The lowest BCUT2D eigenvalue weighted by Gasteiger charge is -2.09. The second-order valence-corrected chi connectivity index (χ2v) is 10.3. The minimum Gasteiger partial charge on any atom is -0.423 e. The Morgan fingerprint density at radius 2 is 1.46 bits per heavy atom. The smallest absolute Gasteiger partial charge is 0.308 e.